The van der Waals surface area contributed by atoms with Gasteiger partial charge in [-0.05, 0) is 35.7 Å². The summed E-state index contributed by atoms with van der Waals surface area (Å²) in [7, 11) is 1.61. The molecule has 21 heavy (non-hydrogen) atoms. The molecule has 3 nitrogen and oxygen atoms in total. The molecule has 2 rings (SSSR count). The Balaban J connectivity index is 1.90. The minimum absolute atomic E-state index is 0.163. The Morgan fingerprint density at radius 1 is 1.19 bits per heavy atom. The highest BCUT2D eigenvalue weighted by molar-refractivity contribution is 5.94. The first-order valence-electron chi connectivity index (χ1n) is 6.80. The number of methoxy groups -OCH3 is 1. The zero-order chi connectivity index (χ0) is 15.1. The number of halogens is 1. The number of hydrogen-bond donors (Lipinski definition) is 1. The quantitative estimate of drug-likeness (QED) is 0.887. The van der Waals surface area contributed by atoms with E-state index in [1.54, 1.807) is 37.4 Å². The van der Waals surface area contributed by atoms with Gasteiger partial charge < -0.3 is 10.1 Å². The number of carbonyl (C=O) groups is 1. The minimum Gasteiger partial charge on any atom is -0.380 e. The fourth-order valence-corrected chi connectivity index (χ4v) is 2.08. The summed E-state index contributed by atoms with van der Waals surface area (Å²) in [6, 6.07) is 13.8. The monoisotopic (exact) mass is 287 g/mol. The molecule has 0 saturated heterocycles. The molecule has 4 heteroatoms. The van der Waals surface area contributed by atoms with Gasteiger partial charge in [0.25, 0.3) is 5.91 Å². The lowest BCUT2D eigenvalue weighted by Gasteiger charge is -2.07. The molecule has 0 aliphatic heterocycles. The Kier molecular flexibility index (Phi) is 5.46. The maximum absolute atomic E-state index is 13.4. The van der Waals surface area contributed by atoms with Crippen LogP contribution in [0.4, 0.5) is 4.39 Å². The van der Waals surface area contributed by atoms with Crippen LogP contribution in [0.5, 0.6) is 0 Å². The number of rotatable bonds is 6. The maximum Gasteiger partial charge on any atom is 0.251 e. The molecule has 1 amide bonds. The molecule has 0 aliphatic carbocycles. The van der Waals surface area contributed by atoms with Crippen LogP contribution in [-0.4, -0.2) is 19.6 Å². The summed E-state index contributed by atoms with van der Waals surface area (Å²) < 4.78 is 18.5. The van der Waals surface area contributed by atoms with Crippen molar-refractivity contribution in [1.82, 2.24) is 5.32 Å². The van der Waals surface area contributed by atoms with Crippen molar-refractivity contribution in [2.45, 2.75) is 13.0 Å². The predicted octanol–water partition coefficient (Wildman–Crippen LogP) is 2.94. The van der Waals surface area contributed by atoms with Crippen molar-refractivity contribution in [2.75, 3.05) is 13.7 Å². The molecule has 0 bridgehead atoms. The third-order valence-corrected chi connectivity index (χ3v) is 3.14. The summed E-state index contributed by atoms with van der Waals surface area (Å²) in [5.41, 5.74) is 2.13. The maximum atomic E-state index is 13.4. The molecule has 1 N–H and O–H groups in total. The average Bonchev–Trinajstić information content (AvgIpc) is 2.50. The molecule has 0 aliphatic rings. The first kappa shape index (κ1) is 15.2. The van der Waals surface area contributed by atoms with E-state index >= 15 is 0 Å². The van der Waals surface area contributed by atoms with Gasteiger partial charge in [-0.1, -0.05) is 30.3 Å². The van der Waals surface area contributed by atoms with Gasteiger partial charge in [0.2, 0.25) is 0 Å². The van der Waals surface area contributed by atoms with Crippen LogP contribution in [0.2, 0.25) is 0 Å². The van der Waals surface area contributed by atoms with E-state index in [0.29, 0.717) is 30.7 Å². The number of benzene rings is 2. The van der Waals surface area contributed by atoms with Crippen molar-refractivity contribution in [2.24, 2.45) is 0 Å². The van der Waals surface area contributed by atoms with Crippen LogP contribution >= 0.6 is 0 Å². The Bertz CT molecular complexity index is 613. The zero-order valence-electron chi connectivity index (χ0n) is 11.9. The van der Waals surface area contributed by atoms with Gasteiger partial charge in [-0.25, -0.2) is 4.39 Å². The first-order valence-corrected chi connectivity index (χ1v) is 6.80. The van der Waals surface area contributed by atoms with E-state index < -0.39 is 0 Å². The molecule has 0 unspecified atom stereocenters. The Labute approximate surface area is 123 Å². The molecular weight excluding hydrogens is 269 g/mol. The van der Waals surface area contributed by atoms with Crippen molar-refractivity contribution in [3.05, 3.63) is 71.0 Å². The van der Waals surface area contributed by atoms with E-state index in [2.05, 4.69) is 5.32 Å². The summed E-state index contributed by atoms with van der Waals surface area (Å²) in [5, 5.41) is 2.80. The Morgan fingerprint density at radius 3 is 2.76 bits per heavy atom. The molecule has 2 aromatic carbocycles. The van der Waals surface area contributed by atoms with Crippen LogP contribution in [0, 0.1) is 5.82 Å². The van der Waals surface area contributed by atoms with Crippen molar-refractivity contribution in [3.8, 4) is 0 Å². The molecule has 0 heterocycles. The number of nitrogens with one attached hydrogen (secondary N) is 1. The van der Waals surface area contributed by atoms with Crippen LogP contribution in [0.15, 0.2) is 48.5 Å². The summed E-state index contributed by atoms with van der Waals surface area (Å²) in [6.45, 7) is 0.866. The van der Waals surface area contributed by atoms with Gasteiger partial charge in [-0.3, -0.25) is 4.79 Å². The second-order valence-corrected chi connectivity index (χ2v) is 4.73. The van der Waals surface area contributed by atoms with Gasteiger partial charge in [-0.15, -0.1) is 0 Å². The predicted molar refractivity (Wildman–Crippen MR) is 79.6 cm³/mol. The SMILES string of the molecule is COCc1cccc(C(=O)NCCc2ccccc2F)c1. The molecule has 0 saturated carbocycles. The molecule has 0 fully saturated rings. The lowest BCUT2D eigenvalue weighted by Crippen LogP contribution is -2.26. The lowest BCUT2D eigenvalue weighted by atomic mass is 10.1. The smallest absolute Gasteiger partial charge is 0.251 e. The van der Waals surface area contributed by atoms with Crippen molar-refractivity contribution >= 4 is 5.91 Å². The van der Waals surface area contributed by atoms with E-state index in [1.807, 2.05) is 12.1 Å². The van der Waals surface area contributed by atoms with Gasteiger partial charge in [-0.2, -0.15) is 0 Å². The normalized spacial score (nSPS) is 10.4. The van der Waals surface area contributed by atoms with E-state index in [1.165, 1.54) is 6.07 Å². The highest BCUT2D eigenvalue weighted by Gasteiger charge is 2.06. The van der Waals surface area contributed by atoms with E-state index in [0.717, 1.165) is 5.56 Å². The summed E-state index contributed by atoms with van der Waals surface area (Å²) in [6.07, 6.45) is 0.468. The number of amides is 1. The number of ether oxygens (including phenoxy) is 1. The molecule has 0 radical (unpaired) electrons. The molecule has 0 atom stereocenters. The third kappa shape index (κ3) is 4.39. The minimum atomic E-state index is -0.242. The van der Waals surface area contributed by atoms with Gasteiger partial charge in [0, 0.05) is 19.2 Å². The van der Waals surface area contributed by atoms with Crippen LogP contribution in [0.1, 0.15) is 21.5 Å². The topological polar surface area (TPSA) is 38.3 Å². The number of hydrogen-bond acceptors (Lipinski definition) is 2. The van der Waals surface area contributed by atoms with Gasteiger partial charge >= 0.3 is 0 Å². The van der Waals surface area contributed by atoms with Crippen molar-refractivity contribution < 1.29 is 13.9 Å². The number of carbonyl (C=O) groups excluding carboxylic acids is 1. The largest absolute Gasteiger partial charge is 0.380 e. The Hall–Kier alpha value is -2.20. The molecule has 0 aromatic heterocycles. The fraction of sp³-hybridized carbons (Fsp3) is 0.235. The summed E-state index contributed by atoms with van der Waals surface area (Å²) >= 11 is 0. The third-order valence-electron chi connectivity index (χ3n) is 3.14. The van der Waals surface area contributed by atoms with E-state index in [4.69, 9.17) is 4.74 Å². The Morgan fingerprint density at radius 2 is 2.00 bits per heavy atom. The van der Waals surface area contributed by atoms with Gasteiger partial charge in [0.1, 0.15) is 5.82 Å². The summed E-state index contributed by atoms with van der Waals surface area (Å²) in [4.78, 5) is 12.0. The highest BCUT2D eigenvalue weighted by atomic mass is 19.1. The first-order chi connectivity index (χ1) is 10.2. The molecular formula is C17H18FNO2. The van der Waals surface area contributed by atoms with Gasteiger partial charge in [0.15, 0.2) is 0 Å². The fourth-order valence-electron chi connectivity index (χ4n) is 2.08. The van der Waals surface area contributed by atoms with E-state index in [-0.39, 0.29) is 11.7 Å². The average molecular weight is 287 g/mol. The van der Waals surface area contributed by atoms with Crippen LogP contribution < -0.4 is 5.32 Å². The van der Waals surface area contributed by atoms with Crippen LogP contribution in [-0.2, 0) is 17.8 Å². The van der Waals surface area contributed by atoms with Crippen LogP contribution in [0.25, 0.3) is 0 Å². The van der Waals surface area contributed by atoms with E-state index in [9.17, 15) is 9.18 Å². The van der Waals surface area contributed by atoms with Crippen molar-refractivity contribution in [1.29, 1.82) is 0 Å². The van der Waals surface area contributed by atoms with Crippen molar-refractivity contribution in [3.63, 3.8) is 0 Å². The lowest BCUT2D eigenvalue weighted by molar-refractivity contribution is 0.0953. The summed E-state index contributed by atoms with van der Waals surface area (Å²) in [5.74, 6) is -0.405. The highest BCUT2D eigenvalue weighted by Crippen LogP contribution is 2.08. The van der Waals surface area contributed by atoms with Gasteiger partial charge in [0.05, 0.1) is 6.61 Å². The second-order valence-electron chi connectivity index (χ2n) is 4.73. The standard InChI is InChI=1S/C17H18FNO2/c1-21-12-13-5-4-7-15(11-13)17(20)19-10-9-14-6-2-3-8-16(14)18/h2-8,11H,9-10,12H2,1H3,(H,19,20). The second kappa shape index (κ2) is 7.55. The molecule has 0 spiro atoms. The molecule has 2 aromatic rings. The molecule has 110 valence electrons. The van der Waals surface area contributed by atoms with Crippen LogP contribution in [0.3, 0.4) is 0 Å². The zero-order valence-corrected chi connectivity index (χ0v) is 11.9.